The van der Waals surface area contributed by atoms with Crippen molar-refractivity contribution in [3.63, 3.8) is 0 Å². The summed E-state index contributed by atoms with van der Waals surface area (Å²) < 4.78 is 0. The van der Waals surface area contributed by atoms with E-state index in [1.807, 2.05) is 37.3 Å². The molecule has 16 heavy (non-hydrogen) atoms. The molecule has 0 aromatic heterocycles. The Morgan fingerprint density at radius 1 is 1.12 bits per heavy atom. The number of rotatable bonds is 3. The third kappa shape index (κ3) is 2.13. The SMILES string of the molecule is C[C@@](OO)(c1ccccc1)C1CCCCC1. The smallest absolute Gasteiger partial charge is 0.128 e. The van der Waals surface area contributed by atoms with Crippen molar-refractivity contribution >= 4 is 0 Å². The summed E-state index contributed by atoms with van der Waals surface area (Å²) in [7, 11) is 0. The van der Waals surface area contributed by atoms with Crippen LogP contribution in [0.15, 0.2) is 30.3 Å². The van der Waals surface area contributed by atoms with Crippen LogP contribution in [0.4, 0.5) is 0 Å². The summed E-state index contributed by atoms with van der Waals surface area (Å²) in [4.78, 5) is 4.86. The summed E-state index contributed by atoms with van der Waals surface area (Å²) >= 11 is 0. The molecule has 0 aliphatic heterocycles. The molecule has 2 nitrogen and oxygen atoms in total. The Labute approximate surface area is 97.2 Å². The molecule has 2 heteroatoms. The molecule has 0 radical (unpaired) electrons. The first-order chi connectivity index (χ1) is 7.77. The van der Waals surface area contributed by atoms with E-state index in [-0.39, 0.29) is 0 Å². The maximum absolute atomic E-state index is 9.29. The van der Waals surface area contributed by atoms with Gasteiger partial charge in [-0.2, -0.15) is 0 Å². The Morgan fingerprint density at radius 3 is 2.31 bits per heavy atom. The lowest BCUT2D eigenvalue weighted by Crippen LogP contribution is -2.35. The Bertz CT molecular complexity index is 317. The van der Waals surface area contributed by atoms with E-state index in [1.54, 1.807) is 0 Å². The van der Waals surface area contributed by atoms with Crippen molar-refractivity contribution in [2.45, 2.75) is 44.6 Å². The van der Waals surface area contributed by atoms with Gasteiger partial charge in [0.1, 0.15) is 5.60 Å². The first-order valence-corrected chi connectivity index (χ1v) is 6.15. The van der Waals surface area contributed by atoms with Crippen molar-refractivity contribution in [3.8, 4) is 0 Å². The van der Waals surface area contributed by atoms with Crippen molar-refractivity contribution in [3.05, 3.63) is 35.9 Å². The van der Waals surface area contributed by atoms with Gasteiger partial charge in [-0.3, -0.25) is 5.26 Å². The van der Waals surface area contributed by atoms with Gasteiger partial charge in [0.2, 0.25) is 0 Å². The molecule has 1 aromatic carbocycles. The Balaban J connectivity index is 2.24. The van der Waals surface area contributed by atoms with Crippen LogP contribution in [0.5, 0.6) is 0 Å². The first kappa shape index (κ1) is 11.6. The van der Waals surface area contributed by atoms with Crippen molar-refractivity contribution < 1.29 is 10.1 Å². The van der Waals surface area contributed by atoms with Gasteiger partial charge in [-0.25, -0.2) is 4.89 Å². The molecular weight excluding hydrogens is 200 g/mol. The van der Waals surface area contributed by atoms with Gasteiger partial charge in [0.05, 0.1) is 0 Å². The van der Waals surface area contributed by atoms with Gasteiger partial charge >= 0.3 is 0 Å². The van der Waals surface area contributed by atoms with Crippen LogP contribution < -0.4 is 0 Å². The predicted molar refractivity (Wildman–Crippen MR) is 64.1 cm³/mol. The van der Waals surface area contributed by atoms with Crippen molar-refractivity contribution in [1.82, 2.24) is 0 Å². The summed E-state index contributed by atoms with van der Waals surface area (Å²) in [5.41, 5.74) is 0.534. The van der Waals surface area contributed by atoms with Gasteiger partial charge in [0.25, 0.3) is 0 Å². The van der Waals surface area contributed by atoms with Gasteiger partial charge in [-0.1, -0.05) is 49.6 Å². The van der Waals surface area contributed by atoms with E-state index < -0.39 is 5.60 Å². The molecule has 0 unspecified atom stereocenters. The van der Waals surface area contributed by atoms with Crippen LogP contribution in [-0.4, -0.2) is 5.26 Å². The predicted octanol–water partition coefficient (Wildman–Crippen LogP) is 3.97. The highest BCUT2D eigenvalue weighted by molar-refractivity contribution is 5.22. The Kier molecular flexibility index (Phi) is 3.62. The van der Waals surface area contributed by atoms with Crippen LogP contribution in [0.2, 0.25) is 0 Å². The molecule has 88 valence electrons. The average Bonchev–Trinajstić information content (AvgIpc) is 2.40. The van der Waals surface area contributed by atoms with Gasteiger partial charge in [0.15, 0.2) is 0 Å². The molecule has 1 aromatic rings. The minimum Gasteiger partial charge on any atom is -0.251 e. The normalized spacial score (nSPS) is 21.6. The minimum atomic E-state index is -0.540. The average molecular weight is 220 g/mol. The van der Waals surface area contributed by atoms with Crippen LogP contribution in [0.25, 0.3) is 0 Å². The zero-order valence-electron chi connectivity index (χ0n) is 9.86. The van der Waals surface area contributed by atoms with E-state index in [4.69, 9.17) is 4.89 Å². The third-order valence-corrected chi connectivity index (χ3v) is 3.92. The molecule has 1 N–H and O–H groups in total. The number of hydrogen-bond acceptors (Lipinski definition) is 2. The fourth-order valence-corrected chi connectivity index (χ4v) is 2.79. The molecule has 0 heterocycles. The second kappa shape index (κ2) is 4.98. The summed E-state index contributed by atoms with van der Waals surface area (Å²) in [5.74, 6) is 0.425. The highest BCUT2D eigenvalue weighted by Crippen LogP contribution is 2.41. The number of benzene rings is 1. The molecular formula is C14H20O2. The summed E-state index contributed by atoms with van der Waals surface area (Å²) in [6.07, 6.45) is 6.09. The fraction of sp³-hybridized carbons (Fsp3) is 0.571. The van der Waals surface area contributed by atoms with Crippen LogP contribution >= 0.6 is 0 Å². The van der Waals surface area contributed by atoms with Gasteiger partial charge in [-0.15, -0.1) is 0 Å². The number of hydrogen-bond donors (Lipinski definition) is 1. The Hall–Kier alpha value is -0.860. The topological polar surface area (TPSA) is 29.5 Å². The molecule has 1 fully saturated rings. The summed E-state index contributed by atoms with van der Waals surface area (Å²) in [6, 6.07) is 10.0. The lowest BCUT2D eigenvalue weighted by Gasteiger charge is -2.37. The van der Waals surface area contributed by atoms with E-state index >= 15 is 0 Å². The van der Waals surface area contributed by atoms with E-state index in [9.17, 15) is 5.26 Å². The van der Waals surface area contributed by atoms with Gasteiger partial charge < -0.3 is 0 Å². The second-order valence-electron chi connectivity index (χ2n) is 4.90. The first-order valence-electron chi connectivity index (χ1n) is 6.15. The highest BCUT2D eigenvalue weighted by Gasteiger charge is 2.38. The second-order valence-corrected chi connectivity index (χ2v) is 4.90. The maximum Gasteiger partial charge on any atom is 0.128 e. The molecule has 2 rings (SSSR count). The van der Waals surface area contributed by atoms with Crippen molar-refractivity contribution in [2.75, 3.05) is 0 Å². The zero-order valence-corrected chi connectivity index (χ0v) is 9.86. The molecule has 1 aliphatic carbocycles. The quantitative estimate of drug-likeness (QED) is 0.617. The van der Waals surface area contributed by atoms with E-state index in [2.05, 4.69) is 0 Å². The standard InChI is InChI=1S/C14H20O2/c1-14(16-15,12-8-4-2-5-9-12)13-10-6-3-7-11-13/h2,4-5,8-9,13,15H,3,6-7,10-11H2,1H3/t14-/m1/s1. The lowest BCUT2D eigenvalue weighted by atomic mass is 9.74. The van der Waals surface area contributed by atoms with Crippen molar-refractivity contribution in [1.29, 1.82) is 0 Å². The molecule has 0 spiro atoms. The maximum atomic E-state index is 9.29. The van der Waals surface area contributed by atoms with Crippen LogP contribution in [0, 0.1) is 5.92 Å². The van der Waals surface area contributed by atoms with Gasteiger partial charge in [0, 0.05) is 0 Å². The van der Waals surface area contributed by atoms with E-state index in [0.29, 0.717) is 5.92 Å². The summed E-state index contributed by atoms with van der Waals surface area (Å²) in [5, 5.41) is 9.29. The molecule has 1 saturated carbocycles. The fourth-order valence-electron chi connectivity index (χ4n) is 2.79. The van der Waals surface area contributed by atoms with Crippen LogP contribution in [-0.2, 0) is 10.5 Å². The summed E-state index contributed by atoms with van der Waals surface area (Å²) in [6.45, 7) is 2.00. The van der Waals surface area contributed by atoms with E-state index in [0.717, 1.165) is 18.4 Å². The van der Waals surface area contributed by atoms with Gasteiger partial charge in [-0.05, 0) is 31.2 Å². The third-order valence-electron chi connectivity index (χ3n) is 3.92. The van der Waals surface area contributed by atoms with Crippen molar-refractivity contribution in [2.24, 2.45) is 5.92 Å². The lowest BCUT2D eigenvalue weighted by molar-refractivity contribution is -0.341. The molecule has 0 saturated heterocycles. The van der Waals surface area contributed by atoms with Crippen LogP contribution in [0.3, 0.4) is 0 Å². The molecule has 1 atom stereocenters. The monoisotopic (exact) mass is 220 g/mol. The zero-order chi connectivity index (χ0) is 11.4. The molecule has 0 amide bonds. The minimum absolute atomic E-state index is 0.425. The molecule has 0 bridgehead atoms. The highest BCUT2D eigenvalue weighted by atomic mass is 17.1. The van der Waals surface area contributed by atoms with Crippen LogP contribution in [0.1, 0.15) is 44.6 Å². The van der Waals surface area contributed by atoms with E-state index in [1.165, 1.54) is 19.3 Å². The Morgan fingerprint density at radius 2 is 1.75 bits per heavy atom. The largest absolute Gasteiger partial charge is 0.251 e. The molecule has 1 aliphatic rings.